The fourth-order valence-electron chi connectivity index (χ4n) is 0. The zero-order valence-electron chi connectivity index (χ0n) is 6.59. The normalized spacial score (nSPS) is 4.91. The summed E-state index contributed by atoms with van der Waals surface area (Å²) in [6.07, 6.45) is 0. The minimum atomic E-state index is -0.833. The van der Waals surface area contributed by atoms with Gasteiger partial charge in [0, 0.05) is 0 Å². The zero-order chi connectivity index (χ0) is 9.15. The molecule has 0 heterocycles. The summed E-state index contributed by atoms with van der Waals surface area (Å²) in [6, 6.07) is -0.833. The summed E-state index contributed by atoms with van der Waals surface area (Å²) in [4.78, 5) is 26.4. The van der Waals surface area contributed by atoms with E-state index in [1.807, 2.05) is 6.79 Å². The van der Waals surface area contributed by atoms with Crippen LogP contribution in [0.2, 0.25) is 0 Å². The average molecular weight is 182 g/mol. The highest BCUT2D eigenvalue weighted by Crippen LogP contribution is 1.50. The van der Waals surface area contributed by atoms with E-state index in [1.54, 1.807) is 0 Å². The lowest BCUT2D eigenvalue weighted by Crippen LogP contribution is -2.18. The first-order chi connectivity index (χ1) is 4.46. The molecule has 0 aliphatic rings. The van der Waals surface area contributed by atoms with Crippen LogP contribution in [-0.4, -0.2) is 18.6 Å². The van der Waals surface area contributed by atoms with Gasteiger partial charge in [0.05, 0.1) is 0 Å². The summed E-state index contributed by atoms with van der Waals surface area (Å²) in [5.41, 5.74) is 8.50. The van der Waals surface area contributed by atoms with Crippen molar-refractivity contribution < 1.29 is 14.4 Å². The third kappa shape index (κ3) is 401. The predicted octanol–water partition coefficient (Wildman–Crippen LogP) is -0.453. The quantitative estimate of drug-likeness (QED) is 0.530. The standard InChI is InChI=1S/C3H6O.CH4N2O.CH2O.H2S/c1-3(2)4;2-1(3)4;1-2;/h1-2H3;(H4,2,3,4);1H2;1H2. The van der Waals surface area contributed by atoms with Crippen molar-refractivity contribution in [2.24, 2.45) is 11.5 Å². The lowest BCUT2D eigenvalue weighted by Gasteiger charge is -1.62. The number of hydrogen-bond acceptors (Lipinski definition) is 3. The van der Waals surface area contributed by atoms with Crippen LogP contribution in [0.3, 0.4) is 0 Å². The van der Waals surface area contributed by atoms with Gasteiger partial charge in [-0.05, 0) is 13.8 Å². The summed E-state index contributed by atoms with van der Waals surface area (Å²) < 4.78 is 0. The van der Waals surface area contributed by atoms with E-state index < -0.39 is 6.03 Å². The Labute approximate surface area is 72.6 Å². The number of primary amides is 2. The summed E-state index contributed by atoms with van der Waals surface area (Å²) in [6.45, 7) is 5.06. The average Bonchev–Trinajstić information content (AvgIpc) is 1.66. The Morgan fingerprint density at radius 3 is 1.09 bits per heavy atom. The molecule has 0 spiro atoms. The Kier molecular flexibility index (Phi) is 47.2. The molecule has 0 bridgehead atoms. The number of carbonyl (C=O) groups is 3. The van der Waals surface area contributed by atoms with Crippen LogP contribution in [-0.2, 0) is 9.59 Å². The Morgan fingerprint density at radius 1 is 1.09 bits per heavy atom. The van der Waals surface area contributed by atoms with Gasteiger partial charge in [-0.3, -0.25) is 0 Å². The fraction of sp³-hybridized carbons (Fsp3) is 0.400. The van der Waals surface area contributed by atoms with Crippen molar-refractivity contribution in [1.82, 2.24) is 0 Å². The van der Waals surface area contributed by atoms with Crippen LogP contribution in [0, 0.1) is 0 Å². The number of rotatable bonds is 0. The minimum absolute atomic E-state index is 0. The second-order valence-electron chi connectivity index (χ2n) is 1.31. The van der Waals surface area contributed by atoms with E-state index in [0.29, 0.717) is 0 Å². The lowest BCUT2D eigenvalue weighted by molar-refractivity contribution is -0.115. The van der Waals surface area contributed by atoms with Crippen molar-refractivity contribution in [3.05, 3.63) is 0 Å². The minimum Gasteiger partial charge on any atom is -0.352 e. The number of nitrogens with two attached hydrogens (primary N) is 2. The molecule has 11 heavy (non-hydrogen) atoms. The van der Waals surface area contributed by atoms with Crippen molar-refractivity contribution in [2.45, 2.75) is 13.8 Å². The molecular weight excluding hydrogens is 168 g/mol. The van der Waals surface area contributed by atoms with Crippen LogP contribution in [0.4, 0.5) is 4.79 Å². The van der Waals surface area contributed by atoms with E-state index >= 15 is 0 Å². The maximum Gasteiger partial charge on any atom is 0.309 e. The largest absolute Gasteiger partial charge is 0.352 e. The topological polar surface area (TPSA) is 103 Å². The number of Topliss-reactive ketones (excluding diaryl/α,β-unsaturated/α-hetero) is 1. The third-order valence-corrected chi connectivity index (χ3v) is 0. The van der Waals surface area contributed by atoms with E-state index in [2.05, 4.69) is 11.5 Å². The van der Waals surface area contributed by atoms with Crippen molar-refractivity contribution in [1.29, 1.82) is 0 Å². The van der Waals surface area contributed by atoms with Gasteiger partial charge in [-0.2, -0.15) is 13.5 Å². The molecule has 6 heteroatoms. The molecule has 2 amide bonds. The second kappa shape index (κ2) is 23.1. The molecule has 0 aromatic heterocycles. The molecule has 0 aliphatic heterocycles. The molecule has 0 rings (SSSR count). The molecular formula is C5H14N2O3S. The van der Waals surface area contributed by atoms with Crippen LogP contribution >= 0.6 is 13.5 Å². The first-order valence-electron chi connectivity index (χ1n) is 2.27. The van der Waals surface area contributed by atoms with E-state index in [9.17, 15) is 4.79 Å². The molecule has 0 atom stereocenters. The Balaban J connectivity index is -0.0000000339. The summed E-state index contributed by atoms with van der Waals surface area (Å²) in [7, 11) is 0. The van der Waals surface area contributed by atoms with Gasteiger partial charge in [0.2, 0.25) is 0 Å². The molecule has 5 nitrogen and oxygen atoms in total. The van der Waals surface area contributed by atoms with Crippen molar-refractivity contribution in [3.63, 3.8) is 0 Å². The highest BCUT2D eigenvalue weighted by atomic mass is 32.1. The van der Waals surface area contributed by atoms with Crippen molar-refractivity contribution >= 4 is 32.1 Å². The van der Waals surface area contributed by atoms with Crippen molar-refractivity contribution in [3.8, 4) is 0 Å². The van der Waals surface area contributed by atoms with E-state index in [-0.39, 0.29) is 19.3 Å². The zero-order valence-corrected chi connectivity index (χ0v) is 7.59. The monoisotopic (exact) mass is 182 g/mol. The lowest BCUT2D eigenvalue weighted by atomic mass is 10.6. The van der Waals surface area contributed by atoms with E-state index in [1.165, 1.54) is 13.8 Å². The van der Waals surface area contributed by atoms with Gasteiger partial charge in [0.25, 0.3) is 0 Å². The van der Waals surface area contributed by atoms with Gasteiger partial charge in [-0.1, -0.05) is 0 Å². The van der Waals surface area contributed by atoms with Gasteiger partial charge in [-0.25, -0.2) is 4.79 Å². The van der Waals surface area contributed by atoms with E-state index in [0.717, 1.165) is 0 Å². The summed E-state index contributed by atoms with van der Waals surface area (Å²) in [5.74, 6) is 0.167. The number of carbonyl (C=O) groups excluding carboxylic acids is 3. The number of urea groups is 1. The molecule has 0 aromatic rings. The number of amides is 2. The molecule has 68 valence electrons. The second-order valence-corrected chi connectivity index (χ2v) is 1.31. The van der Waals surface area contributed by atoms with Crippen molar-refractivity contribution in [2.75, 3.05) is 0 Å². The Bertz CT molecular complexity index is 87.9. The Morgan fingerprint density at radius 2 is 1.09 bits per heavy atom. The molecule has 0 saturated carbocycles. The molecule has 0 aliphatic carbocycles. The van der Waals surface area contributed by atoms with Gasteiger partial charge in [0.1, 0.15) is 12.6 Å². The third-order valence-electron chi connectivity index (χ3n) is 0. The van der Waals surface area contributed by atoms with Crippen LogP contribution in [0.5, 0.6) is 0 Å². The van der Waals surface area contributed by atoms with Crippen LogP contribution in [0.25, 0.3) is 0 Å². The maximum atomic E-state index is 9.44. The Hall–Kier alpha value is -1.04. The highest BCUT2D eigenvalue weighted by molar-refractivity contribution is 7.59. The molecule has 0 fully saturated rings. The predicted molar refractivity (Wildman–Crippen MR) is 47.6 cm³/mol. The smallest absolute Gasteiger partial charge is 0.309 e. The van der Waals surface area contributed by atoms with Gasteiger partial charge < -0.3 is 21.1 Å². The summed E-state index contributed by atoms with van der Waals surface area (Å²) in [5, 5.41) is 0. The number of ketones is 1. The molecule has 4 N–H and O–H groups in total. The highest BCUT2D eigenvalue weighted by Gasteiger charge is 1.62. The molecule has 0 unspecified atom stereocenters. The molecule has 0 radical (unpaired) electrons. The fourth-order valence-corrected chi connectivity index (χ4v) is 0. The number of hydrogen-bond donors (Lipinski definition) is 2. The van der Waals surface area contributed by atoms with Gasteiger partial charge in [0.15, 0.2) is 0 Å². The van der Waals surface area contributed by atoms with Gasteiger partial charge >= 0.3 is 6.03 Å². The SMILES string of the molecule is C=O.CC(C)=O.NC(N)=O.S. The van der Waals surface area contributed by atoms with Crippen LogP contribution < -0.4 is 11.5 Å². The summed E-state index contributed by atoms with van der Waals surface area (Å²) >= 11 is 0. The van der Waals surface area contributed by atoms with Gasteiger partial charge in [-0.15, -0.1) is 0 Å². The van der Waals surface area contributed by atoms with Crippen LogP contribution in [0.15, 0.2) is 0 Å². The molecule has 0 aromatic carbocycles. The molecule has 0 saturated heterocycles. The maximum absolute atomic E-state index is 9.44. The first kappa shape index (κ1) is 22.5. The first-order valence-corrected chi connectivity index (χ1v) is 2.27. The van der Waals surface area contributed by atoms with E-state index in [4.69, 9.17) is 9.59 Å². The van der Waals surface area contributed by atoms with Crippen LogP contribution in [0.1, 0.15) is 13.8 Å².